The highest BCUT2D eigenvalue weighted by molar-refractivity contribution is 6.12. The Bertz CT molecular complexity index is 1070. The van der Waals surface area contributed by atoms with Crippen molar-refractivity contribution in [2.75, 3.05) is 12.0 Å². The van der Waals surface area contributed by atoms with Gasteiger partial charge in [0.1, 0.15) is 5.82 Å². The third-order valence-electron chi connectivity index (χ3n) is 5.01. The normalized spacial score (nSPS) is 16.5. The Hall–Kier alpha value is -3.42. The number of hydrogen-bond donors (Lipinski definition) is 0. The minimum atomic E-state index is -0.553. The lowest BCUT2D eigenvalue weighted by molar-refractivity contribution is 0.0988. The topological polar surface area (TPSA) is 81.1 Å². The Labute approximate surface area is 153 Å². The van der Waals surface area contributed by atoms with Crippen LogP contribution in [0.25, 0.3) is 11.6 Å². The summed E-state index contributed by atoms with van der Waals surface area (Å²) in [6, 6.07) is 6.25. The lowest BCUT2D eigenvalue weighted by Gasteiger charge is -2.24. The molecular formula is C19H14FN5O2. The maximum absolute atomic E-state index is 14.3. The number of ether oxygens (including phenoxy) is 1. The van der Waals surface area contributed by atoms with Crippen molar-refractivity contribution >= 4 is 11.7 Å². The minimum absolute atomic E-state index is 0.0563. The van der Waals surface area contributed by atoms with Gasteiger partial charge < -0.3 is 4.74 Å². The van der Waals surface area contributed by atoms with E-state index in [2.05, 4.69) is 19.9 Å². The molecule has 1 aliphatic carbocycles. The molecule has 3 heterocycles. The molecule has 1 fully saturated rings. The second-order valence-electron chi connectivity index (χ2n) is 6.52. The number of hydrogen-bond acceptors (Lipinski definition) is 6. The van der Waals surface area contributed by atoms with Crippen LogP contribution < -0.4 is 9.64 Å². The molecule has 0 N–H and O–H groups in total. The highest BCUT2D eigenvalue weighted by Crippen LogP contribution is 2.58. The number of methoxy groups -OCH3 is 1. The SMILES string of the molecule is COc1cc2c(cc1F)C1(CC1)N(c1ccnc(-c3ncccn3)n1)C2=O. The zero-order valence-electron chi connectivity index (χ0n) is 14.4. The van der Waals surface area contributed by atoms with Crippen LogP contribution in [-0.4, -0.2) is 33.0 Å². The molecule has 5 rings (SSSR count). The number of amides is 1. The number of aromatic nitrogens is 4. The molecule has 0 bridgehead atoms. The molecule has 1 spiro atoms. The van der Waals surface area contributed by atoms with E-state index in [0.717, 1.165) is 12.8 Å². The van der Waals surface area contributed by atoms with E-state index in [9.17, 15) is 9.18 Å². The van der Waals surface area contributed by atoms with E-state index in [0.29, 0.717) is 28.6 Å². The summed E-state index contributed by atoms with van der Waals surface area (Å²) in [5.74, 6) is 0.515. The van der Waals surface area contributed by atoms with Crippen LogP contribution in [0.2, 0.25) is 0 Å². The van der Waals surface area contributed by atoms with Gasteiger partial charge in [-0.2, -0.15) is 0 Å². The van der Waals surface area contributed by atoms with Gasteiger partial charge in [0.05, 0.1) is 12.6 Å². The number of nitrogens with zero attached hydrogens (tertiary/aromatic N) is 5. The molecule has 2 aliphatic rings. The number of rotatable bonds is 3. The monoisotopic (exact) mass is 363 g/mol. The Morgan fingerprint density at radius 1 is 1.11 bits per heavy atom. The van der Waals surface area contributed by atoms with Crippen LogP contribution >= 0.6 is 0 Å². The van der Waals surface area contributed by atoms with Gasteiger partial charge in [0, 0.05) is 24.2 Å². The number of carbonyl (C=O) groups is 1. The molecule has 3 aromatic rings. The fourth-order valence-corrected chi connectivity index (χ4v) is 3.64. The van der Waals surface area contributed by atoms with Crippen LogP contribution in [0.15, 0.2) is 42.9 Å². The van der Waals surface area contributed by atoms with Crippen molar-refractivity contribution in [1.82, 2.24) is 19.9 Å². The van der Waals surface area contributed by atoms with Gasteiger partial charge in [-0.25, -0.2) is 24.3 Å². The van der Waals surface area contributed by atoms with Crippen LogP contribution in [0.3, 0.4) is 0 Å². The number of carbonyl (C=O) groups excluding carboxylic acids is 1. The van der Waals surface area contributed by atoms with Crippen molar-refractivity contribution in [3.8, 4) is 17.4 Å². The summed E-state index contributed by atoms with van der Waals surface area (Å²) in [7, 11) is 1.38. The minimum Gasteiger partial charge on any atom is -0.494 e. The quantitative estimate of drug-likeness (QED) is 0.712. The van der Waals surface area contributed by atoms with E-state index in [-0.39, 0.29) is 11.7 Å². The van der Waals surface area contributed by atoms with E-state index >= 15 is 0 Å². The smallest absolute Gasteiger partial charge is 0.260 e. The number of benzene rings is 1. The molecule has 1 saturated carbocycles. The van der Waals surface area contributed by atoms with Crippen molar-refractivity contribution in [3.05, 3.63) is 59.8 Å². The molecule has 0 radical (unpaired) electrons. The van der Waals surface area contributed by atoms with E-state index in [1.165, 1.54) is 19.2 Å². The van der Waals surface area contributed by atoms with Crippen LogP contribution in [-0.2, 0) is 5.54 Å². The van der Waals surface area contributed by atoms with Gasteiger partial charge in [-0.3, -0.25) is 9.69 Å². The molecule has 0 saturated heterocycles. The highest BCUT2D eigenvalue weighted by atomic mass is 19.1. The molecule has 8 heteroatoms. The van der Waals surface area contributed by atoms with Crippen molar-refractivity contribution in [1.29, 1.82) is 0 Å². The highest BCUT2D eigenvalue weighted by Gasteiger charge is 2.59. The van der Waals surface area contributed by atoms with Crippen molar-refractivity contribution in [2.24, 2.45) is 0 Å². The van der Waals surface area contributed by atoms with E-state index in [1.54, 1.807) is 35.6 Å². The molecule has 1 amide bonds. The van der Waals surface area contributed by atoms with Gasteiger partial charge in [-0.05, 0) is 42.7 Å². The molecule has 1 aliphatic heterocycles. The van der Waals surface area contributed by atoms with Crippen LogP contribution in [0, 0.1) is 5.82 Å². The first-order chi connectivity index (χ1) is 13.1. The summed E-state index contributed by atoms with van der Waals surface area (Å²) in [5.41, 5.74) is 0.576. The molecule has 0 atom stereocenters. The Kier molecular flexibility index (Phi) is 3.24. The molecule has 1 aromatic carbocycles. The van der Waals surface area contributed by atoms with Crippen LogP contribution in [0.1, 0.15) is 28.8 Å². The average Bonchev–Trinajstić information content (AvgIpc) is 3.46. The van der Waals surface area contributed by atoms with Gasteiger partial charge in [0.2, 0.25) is 0 Å². The Morgan fingerprint density at radius 3 is 2.56 bits per heavy atom. The van der Waals surface area contributed by atoms with Gasteiger partial charge in [0.25, 0.3) is 5.91 Å². The van der Waals surface area contributed by atoms with Gasteiger partial charge in [0.15, 0.2) is 23.2 Å². The van der Waals surface area contributed by atoms with Crippen molar-refractivity contribution < 1.29 is 13.9 Å². The van der Waals surface area contributed by atoms with Gasteiger partial charge in [-0.15, -0.1) is 0 Å². The van der Waals surface area contributed by atoms with Crippen LogP contribution in [0.5, 0.6) is 5.75 Å². The largest absolute Gasteiger partial charge is 0.494 e. The first kappa shape index (κ1) is 15.8. The second kappa shape index (κ2) is 5.54. The van der Waals surface area contributed by atoms with Gasteiger partial charge >= 0.3 is 0 Å². The summed E-state index contributed by atoms with van der Waals surface area (Å²) in [6.45, 7) is 0. The molecule has 134 valence electrons. The lowest BCUT2D eigenvalue weighted by Crippen LogP contribution is -2.34. The number of anilines is 1. The van der Waals surface area contributed by atoms with E-state index < -0.39 is 11.4 Å². The maximum Gasteiger partial charge on any atom is 0.260 e. The summed E-state index contributed by atoms with van der Waals surface area (Å²) in [5, 5.41) is 0. The van der Waals surface area contributed by atoms with E-state index in [1.807, 2.05) is 0 Å². The molecule has 27 heavy (non-hydrogen) atoms. The molecule has 0 unspecified atom stereocenters. The lowest BCUT2D eigenvalue weighted by atomic mass is 10.0. The fourth-order valence-electron chi connectivity index (χ4n) is 3.64. The zero-order valence-corrected chi connectivity index (χ0v) is 14.4. The standard InChI is InChI=1S/C19H14FN5O2/c1-27-14-9-11-12(10-13(14)20)19(4-5-19)25(18(11)26)15-3-8-23-17(24-15)16-21-6-2-7-22-16/h2-3,6-10H,4-5H2,1H3. The number of halogens is 1. The summed E-state index contributed by atoms with van der Waals surface area (Å²) < 4.78 is 19.3. The van der Waals surface area contributed by atoms with Crippen molar-refractivity contribution in [3.63, 3.8) is 0 Å². The van der Waals surface area contributed by atoms with Crippen LogP contribution in [0.4, 0.5) is 10.2 Å². The molecule has 2 aromatic heterocycles. The average molecular weight is 363 g/mol. The second-order valence-corrected chi connectivity index (χ2v) is 6.52. The third-order valence-corrected chi connectivity index (χ3v) is 5.01. The maximum atomic E-state index is 14.3. The predicted molar refractivity (Wildman–Crippen MR) is 93.7 cm³/mol. The summed E-state index contributed by atoms with van der Waals surface area (Å²) in [6.07, 6.45) is 6.28. The third kappa shape index (κ3) is 2.22. The zero-order chi connectivity index (χ0) is 18.6. The van der Waals surface area contributed by atoms with Crippen molar-refractivity contribution in [2.45, 2.75) is 18.4 Å². The first-order valence-electron chi connectivity index (χ1n) is 8.47. The Balaban J connectivity index is 1.62. The molecule has 7 nitrogen and oxygen atoms in total. The summed E-state index contributed by atoms with van der Waals surface area (Å²) in [4.78, 5) is 31.8. The predicted octanol–water partition coefficient (Wildman–Crippen LogP) is 2.73. The molecular weight excluding hydrogens is 349 g/mol. The summed E-state index contributed by atoms with van der Waals surface area (Å²) >= 11 is 0. The fraction of sp³-hybridized carbons (Fsp3) is 0.211. The van der Waals surface area contributed by atoms with E-state index in [4.69, 9.17) is 4.74 Å². The Morgan fingerprint density at radius 2 is 1.85 bits per heavy atom. The number of fused-ring (bicyclic) bond motifs is 2. The van der Waals surface area contributed by atoms with Gasteiger partial charge in [-0.1, -0.05) is 0 Å². The first-order valence-corrected chi connectivity index (χ1v) is 8.47.